The van der Waals surface area contributed by atoms with Crippen molar-refractivity contribution in [2.24, 2.45) is 0 Å². The fourth-order valence-corrected chi connectivity index (χ4v) is 2.04. The third-order valence-electron chi connectivity index (χ3n) is 3.08. The van der Waals surface area contributed by atoms with E-state index in [2.05, 4.69) is 14.7 Å². The normalized spacial score (nSPS) is 14.8. The van der Waals surface area contributed by atoms with E-state index >= 15 is 0 Å². The average Bonchev–Trinajstić information content (AvgIpc) is 2.90. The monoisotopic (exact) mass is 251 g/mol. The molecule has 1 aromatic rings. The fraction of sp³-hybridized carbons (Fsp3) is 0.583. The topological polar surface area (TPSA) is 64.4 Å². The number of ether oxygens (including phenoxy) is 1. The van der Waals surface area contributed by atoms with Crippen molar-refractivity contribution < 1.29 is 9.53 Å². The standard InChI is InChI=1S/C12H17N3O3/c1-18-12(17)4-7-15-11(16)8-10(9-13-15)14-5-2-3-6-14/h8-9H,2-7H2,1H3. The average molecular weight is 251 g/mol. The van der Waals surface area contributed by atoms with Gasteiger partial charge in [-0.1, -0.05) is 0 Å². The Morgan fingerprint density at radius 1 is 1.44 bits per heavy atom. The maximum Gasteiger partial charge on any atom is 0.307 e. The van der Waals surface area contributed by atoms with Crippen LogP contribution < -0.4 is 10.5 Å². The van der Waals surface area contributed by atoms with E-state index in [9.17, 15) is 9.59 Å². The van der Waals surface area contributed by atoms with E-state index in [0.717, 1.165) is 31.6 Å². The summed E-state index contributed by atoms with van der Waals surface area (Å²) in [6.45, 7) is 2.21. The van der Waals surface area contributed by atoms with Crippen LogP contribution in [0.2, 0.25) is 0 Å². The van der Waals surface area contributed by atoms with Crippen molar-refractivity contribution in [2.75, 3.05) is 25.1 Å². The van der Waals surface area contributed by atoms with Crippen LogP contribution in [0.4, 0.5) is 5.69 Å². The Labute approximate surface area is 105 Å². The van der Waals surface area contributed by atoms with E-state index in [-0.39, 0.29) is 24.5 Å². The van der Waals surface area contributed by atoms with Gasteiger partial charge in [-0.3, -0.25) is 9.59 Å². The summed E-state index contributed by atoms with van der Waals surface area (Å²) in [5, 5.41) is 4.08. The SMILES string of the molecule is COC(=O)CCn1ncc(N2CCCC2)cc1=O. The van der Waals surface area contributed by atoms with Gasteiger partial charge in [0.2, 0.25) is 0 Å². The second-order valence-electron chi connectivity index (χ2n) is 4.30. The number of carbonyl (C=O) groups excluding carboxylic acids is 1. The lowest BCUT2D eigenvalue weighted by atomic mass is 10.4. The quantitative estimate of drug-likeness (QED) is 0.725. The Bertz CT molecular complexity index is 478. The minimum atomic E-state index is -0.340. The Hall–Kier alpha value is -1.85. The molecule has 6 heteroatoms. The number of nitrogens with zero attached hydrogens (tertiary/aromatic N) is 3. The number of anilines is 1. The van der Waals surface area contributed by atoms with E-state index < -0.39 is 0 Å². The Morgan fingerprint density at radius 3 is 2.78 bits per heavy atom. The molecular formula is C12H17N3O3. The number of methoxy groups -OCH3 is 1. The van der Waals surface area contributed by atoms with Crippen LogP contribution in [0.25, 0.3) is 0 Å². The summed E-state index contributed by atoms with van der Waals surface area (Å²) < 4.78 is 5.81. The van der Waals surface area contributed by atoms with Gasteiger partial charge in [0.1, 0.15) is 0 Å². The predicted molar refractivity (Wildman–Crippen MR) is 66.6 cm³/mol. The number of carbonyl (C=O) groups is 1. The number of aromatic nitrogens is 2. The fourth-order valence-electron chi connectivity index (χ4n) is 2.04. The van der Waals surface area contributed by atoms with Gasteiger partial charge in [0.05, 0.1) is 32.0 Å². The molecule has 2 heterocycles. The van der Waals surface area contributed by atoms with Crippen LogP contribution >= 0.6 is 0 Å². The third kappa shape index (κ3) is 2.88. The van der Waals surface area contributed by atoms with Crippen molar-refractivity contribution in [3.63, 3.8) is 0 Å². The van der Waals surface area contributed by atoms with Gasteiger partial charge >= 0.3 is 5.97 Å². The summed E-state index contributed by atoms with van der Waals surface area (Å²) in [5.74, 6) is -0.340. The molecule has 0 radical (unpaired) electrons. The number of esters is 1. The molecule has 1 aliphatic rings. The number of hydrogen-bond donors (Lipinski definition) is 0. The molecule has 0 aromatic carbocycles. The first kappa shape index (κ1) is 12.6. The zero-order valence-corrected chi connectivity index (χ0v) is 10.5. The van der Waals surface area contributed by atoms with Crippen LogP contribution in [-0.2, 0) is 16.1 Å². The highest BCUT2D eigenvalue weighted by atomic mass is 16.5. The van der Waals surface area contributed by atoms with Crippen molar-refractivity contribution in [1.29, 1.82) is 0 Å². The maximum atomic E-state index is 11.8. The maximum absolute atomic E-state index is 11.8. The van der Waals surface area contributed by atoms with E-state index in [4.69, 9.17) is 0 Å². The van der Waals surface area contributed by atoms with Gasteiger partial charge in [-0.15, -0.1) is 0 Å². The molecule has 0 saturated carbocycles. The Kier molecular flexibility index (Phi) is 3.96. The van der Waals surface area contributed by atoms with Gasteiger partial charge in [0.15, 0.2) is 0 Å². The third-order valence-corrected chi connectivity index (χ3v) is 3.08. The lowest BCUT2D eigenvalue weighted by Gasteiger charge is -2.16. The van der Waals surface area contributed by atoms with Crippen molar-refractivity contribution in [3.8, 4) is 0 Å². The van der Waals surface area contributed by atoms with Gasteiger partial charge in [0, 0.05) is 19.2 Å². The van der Waals surface area contributed by atoms with E-state index in [1.807, 2.05) is 0 Å². The molecule has 1 fully saturated rings. The smallest absolute Gasteiger partial charge is 0.307 e. The van der Waals surface area contributed by atoms with Crippen molar-refractivity contribution in [1.82, 2.24) is 9.78 Å². The molecule has 1 saturated heterocycles. The van der Waals surface area contributed by atoms with Crippen molar-refractivity contribution >= 4 is 11.7 Å². The van der Waals surface area contributed by atoms with Gasteiger partial charge in [-0.25, -0.2) is 4.68 Å². The summed E-state index contributed by atoms with van der Waals surface area (Å²) in [4.78, 5) is 25.0. The summed E-state index contributed by atoms with van der Waals surface area (Å²) >= 11 is 0. The first-order valence-corrected chi connectivity index (χ1v) is 6.09. The molecule has 0 aliphatic carbocycles. The van der Waals surface area contributed by atoms with Crippen molar-refractivity contribution in [3.05, 3.63) is 22.6 Å². The molecule has 0 atom stereocenters. The Morgan fingerprint density at radius 2 is 2.17 bits per heavy atom. The highest BCUT2D eigenvalue weighted by Crippen LogP contribution is 2.16. The van der Waals surface area contributed by atoms with Gasteiger partial charge in [0.25, 0.3) is 5.56 Å². The predicted octanol–water partition coefficient (Wildman–Crippen LogP) is 0.407. The first-order valence-electron chi connectivity index (χ1n) is 6.09. The molecule has 6 nitrogen and oxygen atoms in total. The van der Waals surface area contributed by atoms with Gasteiger partial charge in [-0.2, -0.15) is 5.10 Å². The van der Waals surface area contributed by atoms with Crippen LogP contribution in [-0.4, -0.2) is 35.9 Å². The van der Waals surface area contributed by atoms with Crippen LogP contribution in [0.15, 0.2) is 17.1 Å². The molecular weight excluding hydrogens is 234 g/mol. The number of hydrogen-bond acceptors (Lipinski definition) is 5. The van der Waals surface area contributed by atoms with Gasteiger partial charge in [-0.05, 0) is 12.8 Å². The van der Waals surface area contributed by atoms with E-state index in [1.54, 1.807) is 12.3 Å². The van der Waals surface area contributed by atoms with E-state index in [0.29, 0.717) is 0 Å². The summed E-state index contributed by atoms with van der Waals surface area (Å²) in [6.07, 6.45) is 4.16. The molecule has 0 unspecified atom stereocenters. The van der Waals surface area contributed by atoms with E-state index in [1.165, 1.54) is 11.8 Å². The zero-order valence-electron chi connectivity index (χ0n) is 10.5. The molecule has 0 amide bonds. The summed E-state index contributed by atoms with van der Waals surface area (Å²) in [6, 6.07) is 1.58. The lowest BCUT2D eigenvalue weighted by Crippen LogP contribution is -2.27. The molecule has 98 valence electrons. The minimum Gasteiger partial charge on any atom is -0.469 e. The highest BCUT2D eigenvalue weighted by Gasteiger charge is 2.13. The molecule has 1 aromatic heterocycles. The second-order valence-corrected chi connectivity index (χ2v) is 4.30. The zero-order chi connectivity index (χ0) is 13.0. The molecule has 0 spiro atoms. The Balaban J connectivity index is 2.05. The van der Waals surface area contributed by atoms with Crippen LogP contribution in [0.1, 0.15) is 19.3 Å². The number of aryl methyl sites for hydroxylation is 1. The largest absolute Gasteiger partial charge is 0.469 e. The van der Waals surface area contributed by atoms with Crippen LogP contribution in [0.3, 0.4) is 0 Å². The first-order chi connectivity index (χ1) is 8.70. The summed E-state index contributed by atoms with van der Waals surface area (Å²) in [5.41, 5.74) is 0.690. The van der Waals surface area contributed by atoms with Crippen LogP contribution in [0.5, 0.6) is 0 Å². The highest BCUT2D eigenvalue weighted by molar-refractivity contribution is 5.68. The van der Waals surface area contributed by atoms with Gasteiger partial charge < -0.3 is 9.64 Å². The molecule has 0 bridgehead atoms. The minimum absolute atomic E-state index is 0.159. The number of rotatable bonds is 4. The molecule has 0 N–H and O–H groups in total. The van der Waals surface area contributed by atoms with Crippen molar-refractivity contribution in [2.45, 2.75) is 25.8 Å². The second kappa shape index (κ2) is 5.66. The molecule has 2 rings (SSSR count). The molecule has 18 heavy (non-hydrogen) atoms. The summed E-state index contributed by atoms with van der Waals surface area (Å²) in [7, 11) is 1.33. The van der Waals surface area contributed by atoms with Crippen LogP contribution in [0, 0.1) is 0 Å². The lowest BCUT2D eigenvalue weighted by molar-refractivity contribution is -0.140. The molecule has 1 aliphatic heterocycles.